The lowest BCUT2D eigenvalue weighted by molar-refractivity contribution is 0.286. The lowest BCUT2D eigenvalue weighted by Gasteiger charge is -2.32. The minimum atomic E-state index is 0.107. The summed E-state index contributed by atoms with van der Waals surface area (Å²) < 4.78 is 0. The third kappa shape index (κ3) is 5.28. The van der Waals surface area contributed by atoms with E-state index in [1.165, 1.54) is 5.56 Å². The van der Waals surface area contributed by atoms with E-state index < -0.39 is 0 Å². The topological polar surface area (TPSA) is 31.4 Å². The highest BCUT2D eigenvalue weighted by atomic mass is 32.1. The molecule has 0 aliphatic carbocycles. The number of nitrogens with one attached hydrogen (secondary N) is 1. The third-order valence-corrected chi connectivity index (χ3v) is 4.24. The second kappa shape index (κ2) is 8.76. The minimum Gasteiger partial charge on any atom is -0.339 e. The van der Waals surface area contributed by atoms with Gasteiger partial charge in [0.15, 0.2) is 5.11 Å². The molecule has 1 N–H and O–H groups in total. The van der Waals surface area contributed by atoms with Crippen LogP contribution in [0.2, 0.25) is 0 Å². The van der Waals surface area contributed by atoms with Crippen LogP contribution in [-0.4, -0.2) is 47.1 Å². The maximum absolute atomic E-state index is 5.70. The number of aryl methyl sites for hydroxylation is 1. The summed E-state index contributed by atoms with van der Waals surface area (Å²) in [5, 5.41) is 4.09. The van der Waals surface area contributed by atoms with Crippen LogP contribution in [0.3, 0.4) is 0 Å². The molecule has 128 valence electrons. The molecule has 1 aromatic carbocycles. The Kier molecular flexibility index (Phi) is 6.70. The van der Waals surface area contributed by atoms with E-state index in [1.807, 2.05) is 36.5 Å². The largest absolute Gasteiger partial charge is 0.339 e. The van der Waals surface area contributed by atoms with Gasteiger partial charge < -0.3 is 15.1 Å². The van der Waals surface area contributed by atoms with Crippen molar-refractivity contribution in [3.05, 3.63) is 59.9 Å². The summed E-state index contributed by atoms with van der Waals surface area (Å²) in [6.45, 7) is 5.98. The van der Waals surface area contributed by atoms with Gasteiger partial charge in [0, 0.05) is 25.0 Å². The molecule has 1 heterocycles. The predicted molar refractivity (Wildman–Crippen MR) is 105 cm³/mol. The fraction of sp³-hybridized carbons (Fsp3) is 0.368. The molecule has 0 saturated heterocycles. The molecule has 0 unspecified atom stereocenters. The smallest absolute Gasteiger partial charge is 0.174 e. The van der Waals surface area contributed by atoms with Crippen molar-refractivity contribution in [3.63, 3.8) is 0 Å². The van der Waals surface area contributed by atoms with Gasteiger partial charge in [-0.15, -0.1) is 0 Å². The molecule has 2 aromatic rings. The van der Waals surface area contributed by atoms with Gasteiger partial charge in [0.1, 0.15) is 0 Å². The Labute approximate surface area is 150 Å². The van der Waals surface area contributed by atoms with E-state index in [1.54, 1.807) is 0 Å². The number of benzene rings is 1. The molecule has 0 spiro atoms. The van der Waals surface area contributed by atoms with Crippen molar-refractivity contribution in [2.75, 3.05) is 32.5 Å². The van der Waals surface area contributed by atoms with Crippen LogP contribution in [0.5, 0.6) is 0 Å². The molecule has 0 amide bonds. The fourth-order valence-corrected chi connectivity index (χ4v) is 2.85. The molecular formula is C19H26N4S. The molecule has 0 aliphatic heterocycles. The van der Waals surface area contributed by atoms with E-state index in [0.717, 1.165) is 29.6 Å². The highest BCUT2D eigenvalue weighted by Gasteiger charge is 2.19. The Balaban J connectivity index is 2.16. The number of likely N-dealkylation sites (N-methyl/N-ethyl adjacent to an activating group) is 1. The summed E-state index contributed by atoms with van der Waals surface area (Å²) in [6.07, 6.45) is 1.83. The Morgan fingerprint density at radius 1 is 1.17 bits per heavy atom. The second-order valence-corrected chi connectivity index (χ2v) is 6.61. The van der Waals surface area contributed by atoms with Crippen molar-refractivity contribution in [1.29, 1.82) is 0 Å². The maximum atomic E-state index is 5.70. The molecule has 2 rings (SSSR count). The molecule has 0 bridgehead atoms. The van der Waals surface area contributed by atoms with Crippen molar-refractivity contribution < 1.29 is 0 Å². The average molecular weight is 343 g/mol. The van der Waals surface area contributed by atoms with Crippen molar-refractivity contribution >= 4 is 23.0 Å². The maximum Gasteiger partial charge on any atom is 0.174 e. The van der Waals surface area contributed by atoms with Gasteiger partial charge in [0.05, 0.1) is 11.7 Å². The van der Waals surface area contributed by atoms with Crippen LogP contribution in [0.4, 0.5) is 5.69 Å². The summed E-state index contributed by atoms with van der Waals surface area (Å²) in [6, 6.07) is 14.3. The number of pyridine rings is 1. The van der Waals surface area contributed by atoms with Gasteiger partial charge in [-0.2, -0.15) is 0 Å². The number of rotatable bonds is 6. The normalized spacial score (nSPS) is 12.0. The summed E-state index contributed by atoms with van der Waals surface area (Å²) in [5.74, 6) is 0. The Hall–Kier alpha value is -1.98. The highest BCUT2D eigenvalue weighted by Crippen LogP contribution is 2.20. The van der Waals surface area contributed by atoms with E-state index in [2.05, 4.69) is 60.2 Å². The molecule has 0 fully saturated rings. The van der Waals surface area contributed by atoms with Crippen molar-refractivity contribution in [1.82, 2.24) is 14.8 Å². The lowest BCUT2D eigenvalue weighted by Crippen LogP contribution is -2.41. The average Bonchev–Trinajstić information content (AvgIpc) is 2.55. The Morgan fingerprint density at radius 2 is 1.96 bits per heavy atom. The molecule has 24 heavy (non-hydrogen) atoms. The molecule has 1 aromatic heterocycles. The summed E-state index contributed by atoms with van der Waals surface area (Å²) in [7, 11) is 4.14. The zero-order valence-electron chi connectivity index (χ0n) is 14.9. The van der Waals surface area contributed by atoms with E-state index in [0.29, 0.717) is 0 Å². The van der Waals surface area contributed by atoms with Gasteiger partial charge in [-0.3, -0.25) is 4.98 Å². The number of aromatic nitrogens is 1. The van der Waals surface area contributed by atoms with Crippen LogP contribution in [0, 0.1) is 6.92 Å². The Bertz CT molecular complexity index is 657. The number of nitrogens with zero attached hydrogens (tertiary/aromatic N) is 3. The fourth-order valence-electron chi connectivity index (χ4n) is 2.48. The van der Waals surface area contributed by atoms with E-state index >= 15 is 0 Å². The predicted octanol–water partition coefficient (Wildman–Crippen LogP) is 3.71. The van der Waals surface area contributed by atoms with Crippen LogP contribution in [0.1, 0.15) is 24.2 Å². The van der Waals surface area contributed by atoms with E-state index in [4.69, 9.17) is 12.2 Å². The van der Waals surface area contributed by atoms with Crippen molar-refractivity contribution in [2.45, 2.75) is 19.9 Å². The zero-order chi connectivity index (χ0) is 17.5. The highest BCUT2D eigenvalue weighted by molar-refractivity contribution is 7.80. The van der Waals surface area contributed by atoms with Crippen molar-refractivity contribution in [2.24, 2.45) is 0 Å². The standard InChI is InChI=1S/C19H26N4S/c1-15-8-7-9-17(14-15)21-19(24)23(13-12-22(3)4)16(2)18-10-5-6-11-20-18/h5-11,14,16H,12-13H2,1-4H3,(H,21,24)/t16-/m1/s1. The van der Waals surface area contributed by atoms with Gasteiger partial charge in [-0.25, -0.2) is 0 Å². The summed E-state index contributed by atoms with van der Waals surface area (Å²) in [4.78, 5) is 8.84. The molecule has 1 atom stereocenters. The van der Waals surface area contributed by atoms with E-state index in [-0.39, 0.29) is 6.04 Å². The van der Waals surface area contributed by atoms with Crippen LogP contribution in [0.25, 0.3) is 0 Å². The van der Waals surface area contributed by atoms with Crippen LogP contribution >= 0.6 is 12.2 Å². The quantitative estimate of drug-likeness (QED) is 0.809. The first-order chi connectivity index (χ1) is 11.5. The van der Waals surface area contributed by atoms with Crippen LogP contribution in [0.15, 0.2) is 48.7 Å². The third-order valence-electron chi connectivity index (χ3n) is 3.90. The molecule has 0 radical (unpaired) electrons. The van der Waals surface area contributed by atoms with Crippen molar-refractivity contribution in [3.8, 4) is 0 Å². The zero-order valence-corrected chi connectivity index (χ0v) is 15.7. The van der Waals surface area contributed by atoms with Gasteiger partial charge in [-0.05, 0) is 70.0 Å². The number of thiocarbonyl (C=S) groups is 1. The number of hydrogen-bond acceptors (Lipinski definition) is 3. The van der Waals surface area contributed by atoms with Gasteiger partial charge in [-0.1, -0.05) is 18.2 Å². The number of hydrogen-bond donors (Lipinski definition) is 1. The molecule has 0 saturated carbocycles. The minimum absolute atomic E-state index is 0.107. The molecule has 4 nitrogen and oxygen atoms in total. The molecular weight excluding hydrogens is 316 g/mol. The van der Waals surface area contributed by atoms with Gasteiger partial charge in [0.25, 0.3) is 0 Å². The van der Waals surface area contributed by atoms with Gasteiger partial charge >= 0.3 is 0 Å². The molecule has 5 heteroatoms. The SMILES string of the molecule is Cc1cccc(NC(=S)N(CCN(C)C)[C@H](C)c2ccccn2)c1. The lowest BCUT2D eigenvalue weighted by atomic mass is 10.2. The van der Waals surface area contributed by atoms with Crippen LogP contribution in [-0.2, 0) is 0 Å². The first kappa shape index (κ1) is 18.4. The van der Waals surface area contributed by atoms with E-state index in [9.17, 15) is 0 Å². The molecule has 0 aliphatic rings. The van der Waals surface area contributed by atoms with Crippen LogP contribution < -0.4 is 5.32 Å². The second-order valence-electron chi connectivity index (χ2n) is 6.23. The summed E-state index contributed by atoms with van der Waals surface area (Å²) >= 11 is 5.70. The summed E-state index contributed by atoms with van der Waals surface area (Å²) in [5.41, 5.74) is 3.24. The number of anilines is 1. The first-order valence-corrected chi connectivity index (χ1v) is 8.58. The van der Waals surface area contributed by atoms with Gasteiger partial charge in [0.2, 0.25) is 0 Å². The Morgan fingerprint density at radius 3 is 2.58 bits per heavy atom. The monoisotopic (exact) mass is 342 g/mol. The first-order valence-electron chi connectivity index (χ1n) is 8.17.